The van der Waals surface area contributed by atoms with E-state index >= 15 is 0 Å². The molecule has 0 atom stereocenters. The maximum atomic E-state index is 11.9. The number of aryl methyl sites for hydroxylation is 1. The minimum absolute atomic E-state index is 0.125. The van der Waals surface area contributed by atoms with Gasteiger partial charge >= 0.3 is 12.1 Å². The second kappa shape index (κ2) is 6.33. The Labute approximate surface area is 116 Å². The summed E-state index contributed by atoms with van der Waals surface area (Å²) in [6, 6.07) is 4.57. The Hall–Kier alpha value is -2.16. The molecule has 9 heteroatoms. The number of benzene rings is 1. The molecule has 0 aliphatic heterocycles. The molecule has 0 radical (unpaired) electrons. The number of nitrogens with zero attached hydrogens (tertiary/aromatic N) is 2. The van der Waals surface area contributed by atoms with Gasteiger partial charge in [-0.15, -0.1) is 5.10 Å². The van der Waals surface area contributed by atoms with Gasteiger partial charge in [-0.05, 0) is 36.7 Å². The largest absolute Gasteiger partial charge is 0.477 e. The van der Waals surface area contributed by atoms with Gasteiger partial charge < -0.3 is 10.8 Å². The number of aromatic nitrogens is 2. The molecule has 0 aliphatic carbocycles. The normalized spacial score (nSPS) is 10.6. The summed E-state index contributed by atoms with van der Waals surface area (Å²) in [5, 5.41) is 11.9. The van der Waals surface area contributed by atoms with Crippen molar-refractivity contribution in [3.63, 3.8) is 0 Å². The highest BCUT2D eigenvalue weighted by molar-refractivity contribution is 7.07. The van der Waals surface area contributed by atoms with E-state index in [9.17, 15) is 18.0 Å². The molecule has 0 aliphatic rings. The predicted octanol–water partition coefficient (Wildman–Crippen LogP) is 2.83. The van der Waals surface area contributed by atoms with E-state index in [0.29, 0.717) is 5.69 Å². The molecule has 108 valence electrons. The number of carbonyl (C=O) groups is 1. The zero-order valence-electron chi connectivity index (χ0n) is 10.2. The van der Waals surface area contributed by atoms with Crippen LogP contribution in [-0.4, -0.2) is 20.7 Å². The Bertz CT molecular complexity index is 599. The number of alkyl halides is 3. The number of nitrogens with two attached hydrogens (primary N) is 1. The summed E-state index contributed by atoms with van der Waals surface area (Å²) in [4.78, 5) is 10.4. The number of nitrogen functional groups attached to an aromatic ring is 1. The second-order valence-corrected chi connectivity index (χ2v) is 4.37. The Balaban J connectivity index is 0.000000204. The second-order valence-electron chi connectivity index (χ2n) is 3.62. The molecule has 0 fully saturated rings. The number of halogens is 3. The van der Waals surface area contributed by atoms with E-state index in [1.165, 1.54) is 12.1 Å². The van der Waals surface area contributed by atoms with Gasteiger partial charge in [0.25, 0.3) is 0 Å². The van der Waals surface area contributed by atoms with Crippen LogP contribution in [-0.2, 0) is 6.18 Å². The van der Waals surface area contributed by atoms with Crippen LogP contribution in [0.2, 0.25) is 0 Å². The van der Waals surface area contributed by atoms with Gasteiger partial charge in [-0.3, -0.25) is 0 Å². The molecular formula is C11H10F3N3O2S. The van der Waals surface area contributed by atoms with Gasteiger partial charge in [0.15, 0.2) is 4.88 Å². The van der Waals surface area contributed by atoms with Crippen molar-refractivity contribution >= 4 is 23.2 Å². The maximum Gasteiger partial charge on any atom is 0.416 e. The average Bonchev–Trinajstić information content (AvgIpc) is 2.75. The van der Waals surface area contributed by atoms with Crippen molar-refractivity contribution in [2.45, 2.75) is 13.1 Å². The van der Waals surface area contributed by atoms with Gasteiger partial charge in [0, 0.05) is 5.69 Å². The van der Waals surface area contributed by atoms with Crippen molar-refractivity contribution in [2.75, 3.05) is 5.73 Å². The van der Waals surface area contributed by atoms with Crippen LogP contribution in [0, 0.1) is 6.92 Å². The van der Waals surface area contributed by atoms with Crippen molar-refractivity contribution in [3.8, 4) is 0 Å². The van der Waals surface area contributed by atoms with Crippen molar-refractivity contribution in [2.24, 2.45) is 0 Å². The standard InChI is InChI=1S/C7H6F3N.C4H4N2O2S/c8-7(9,10)5-2-1-3-6(11)4-5;1-2-3(4(7)8)9-6-5-2/h1-4H,11H2;1H3,(H,7,8). The lowest BCUT2D eigenvalue weighted by Crippen LogP contribution is -2.04. The zero-order valence-corrected chi connectivity index (χ0v) is 11.0. The number of anilines is 1. The van der Waals surface area contributed by atoms with Crippen LogP contribution < -0.4 is 5.73 Å². The SMILES string of the molecule is Cc1nnsc1C(=O)O.Nc1cccc(C(F)(F)F)c1. The summed E-state index contributed by atoms with van der Waals surface area (Å²) in [7, 11) is 0. The van der Waals surface area contributed by atoms with E-state index in [-0.39, 0.29) is 10.6 Å². The molecule has 0 saturated carbocycles. The smallest absolute Gasteiger partial charge is 0.416 e. The molecule has 1 aromatic carbocycles. The first-order valence-electron chi connectivity index (χ1n) is 5.17. The van der Waals surface area contributed by atoms with Crippen LogP contribution in [0.1, 0.15) is 20.9 Å². The number of carboxylic acid groups (broad SMARTS) is 1. The van der Waals surface area contributed by atoms with Crippen molar-refractivity contribution in [1.82, 2.24) is 9.59 Å². The number of rotatable bonds is 1. The summed E-state index contributed by atoms with van der Waals surface area (Å²) in [5.41, 5.74) is 5.05. The third-order valence-electron chi connectivity index (χ3n) is 2.06. The zero-order chi connectivity index (χ0) is 15.3. The highest BCUT2D eigenvalue weighted by Crippen LogP contribution is 2.29. The van der Waals surface area contributed by atoms with Crippen molar-refractivity contribution in [3.05, 3.63) is 40.4 Å². The quantitative estimate of drug-likeness (QED) is 0.791. The van der Waals surface area contributed by atoms with Crippen LogP contribution in [0.25, 0.3) is 0 Å². The Kier molecular flexibility index (Phi) is 5.03. The Morgan fingerprint density at radius 1 is 1.40 bits per heavy atom. The molecule has 0 unspecified atom stereocenters. The molecule has 1 aromatic heterocycles. The summed E-state index contributed by atoms with van der Waals surface area (Å²) in [6.07, 6.45) is -4.30. The lowest BCUT2D eigenvalue weighted by Gasteiger charge is -2.05. The maximum absolute atomic E-state index is 11.9. The minimum atomic E-state index is -4.30. The van der Waals surface area contributed by atoms with Crippen LogP contribution in [0.15, 0.2) is 24.3 Å². The third kappa shape index (κ3) is 4.50. The van der Waals surface area contributed by atoms with Crippen LogP contribution in [0.3, 0.4) is 0 Å². The van der Waals surface area contributed by atoms with Crippen LogP contribution >= 0.6 is 11.5 Å². The summed E-state index contributed by atoms with van der Waals surface area (Å²) in [6.45, 7) is 1.62. The first-order valence-corrected chi connectivity index (χ1v) is 5.94. The van der Waals surface area contributed by atoms with E-state index in [1.807, 2.05) is 0 Å². The fourth-order valence-corrected chi connectivity index (χ4v) is 1.64. The minimum Gasteiger partial charge on any atom is -0.477 e. The van der Waals surface area contributed by atoms with Gasteiger partial charge in [0.1, 0.15) is 0 Å². The Morgan fingerprint density at radius 3 is 2.35 bits per heavy atom. The van der Waals surface area contributed by atoms with E-state index in [2.05, 4.69) is 9.59 Å². The predicted molar refractivity (Wildman–Crippen MR) is 67.5 cm³/mol. The van der Waals surface area contributed by atoms with E-state index < -0.39 is 17.7 Å². The first-order chi connectivity index (χ1) is 9.21. The van der Waals surface area contributed by atoms with E-state index in [1.54, 1.807) is 6.92 Å². The molecule has 0 bridgehead atoms. The van der Waals surface area contributed by atoms with Crippen LogP contribution in [0.4, 0.5) is 18.9 Å². The highest BCUT2D eigenvalue weighted by Gasteiger charge is 2.30. The molecule has 0 spiro atoms. The topological polar surface area (TPSA) is 89.1 Å². The first kappa shape index (κ1) is 15.9. The lowest BCUT2D eigenvalue weighted by molar-refractivity contribution is -0.137. The molecular weight excluding hydrogens is 295 g/mol. The lowest BCUT2D eigenvalue weighted by atomic mass is 10.2. The molecule has 2 rings (SSSR count). The number of hydrogen-bond donors (Lipinski definition) is 2. The summed E-state index contributed by atoms with van der Waals surface area (Å²) in [5.74, 6) is -0.956. The monoisotopic (exact) mass is 305 g/mol. The molecule has 20 heavy (non-hydrogen) atoms. The molecule has 3 N–H and O–H groups in total. The third-order valence-corrected chi connectivity index (χ3v) is 2.88. The molecule has 1 heterocycles. The van der Waals surface area contributed by atoms with Gasteiger partial charge in [0.05, 0.1) is 11.3 Å². The molecule has 5 nitrogen and oxygen atoms in total. The molecule has 2 aromatic rings. The average molecular weight is 305 g/mol. The van der Waals surface area contributed by atoms with Gasteiger partial charge in [0.2, 0.25) is 0 Å². The van der Waals surface area contributed by atoms with Crippen molar-refractivity contribution < 1.29 is 23.1 Å². The number of hydrogen-bond acceptors (Lipinski definition) is 5. The number of aromatic carboxylic acids is 1. The molecule has 0 amide bonds. The fraction of sp³-hybridized carbons (Fsp3) is 0.182. The summed E-state index contributed by atoms with van der Waals surface area (Å²) >= 11 is 0.897. The summed E-state index contributed by atoms with van der Waals surface area (Å²) < 4.78 is 39.2. The van der Waals surface area contributed by atoms with E-state index in [4.69, 9.17) is 10.8 Å². The van der Waals surface area contributed by atoms with E-state index in [0.717, 1.165) is 23.7 Å². The van der Waals surface area contributed by atoms with Crippen molar-refractivity contribution in [1.29, 1.82) is 0 Å². The molecule has 0 saturated heterocycles. The fourth-order valence-electron chi connectivity index (χ4n) is 1.14. The number of carboxylic acids is 1. The van der Waals surface area contributed by atoms with Crippen LogP contribution in [0.5, 0.6) is 0 Å². The van der Waals surface area contributed by atoms with Gasteiger partial charge in [-0.25, -0.2) is 4.79 Å². The highest BCUT2D eigenvalue weighted by atomic mass is 32.1. The van der Waals surface area contributed by atoms with Gasteiger partial charge in [-0.2, -0.15) is 13.2 Å². The van der Waals surface area contributed by atoms with Gasteiger partial charge in [-0.1, -0.05) is 10.6 Å². The Morgan fingerprint density at radius 2 is 2.05 bits per heavy atom.